The zero-order valence-electron chi connectivity index (χ0n) is 17.3. The molecule has 5 rings (SSSR count). The second-order valence-corrected chi connectivity index (χ2v) is 7.82. The van der Waals surface area contributed by atoms with Crippen LogP contribution in [0.1, 0.15) is 16.8 Å². The number of phenols is 1. The predicted molar refractivity (Wildman–Crippen MR) is 115 cm³/mol. The average molecular weight is 451 g/mol. The van der Waals surface area contributed by atoms with E-state index in [9.17, 15) is 18.7 Å². The lowest BCUT2D eigenvalue weighted by atomic mass is 10.0. The van der Waals surface area contributed by atoms with Gasteiger partial charge in [0, 0.05) is 30.0 Å². The zero-order valence-corrected chi connectivity index (χ0v) is 17.3. The number of para-hydroxylation sites is 1. The number of fused-ring (bicyclic) bond motifs is 1. The lowest BCUT2D eigenvalue weighted by Crippen LogP contribution is -2.55. The van der Waals surface area contributed by atoms with Gasteiger partial charge < -0.3 is 19.2 Å². The SMILES string of the molecule is O=C(c1cc(-c2cocn2)ccc1O)N1CCC(F)(F)C(Oc2ccc3ccccc3n2)C1. The van der Waals surface area contributed by atoms with Gasteiger partial charge in [0.15, 0.2) is 12.5 Å². The van der Waals surface area contributed by atoms with Gasteiger partial charge in [-0.05, 0) is 30.3 Å². The summed E-state index contributed by atoms with van der Waals surface area (Å²) < 4.78 is 39.9. The Morgan fingerprint density at radius 2 is 2.03 bits per heavy atom. The second-order valence-electron chi connectivity index (χ2n) is 7.82. The van der Waals surface area contributed by atoms with E-state index < -0.39 is 24.4 Å². The van der Waals surface area contributed by atoms with Crippen LogP contribution in [-0.2, 0) is 0 Å². The second kappa shape index (κ2) is 8.16. The topological polar surface area (TPSA) is 88.7 Å². The summed E-state index contributed by atoms with van der Waals surface area (Å²) in [7, 11) is 0. The first-order valence-corrected chi connectivity index (χ1v) is 10.3. The largest absolute Gasteiger partial charge is 0.507 e. The normalized spacial score (nSPS) is 17.8. The Kier molecular flexibility index (Phi) is 5.16. The first-order valence-electron chi connectivity index (χ1n) is 10.3. The van der Waals surface area contributed by atoms with Crippen molar-refractivity contribution in [3.63, 3.8) is 0 Å². The Morgan fingerprint density at radius 1 is 1.18 bits per heavy atom. The highest BCUT2D eigenvalue weighted by atomic mass is 19.3. The van der Waals surface area contributed by atoms with E-state index in [-0.39, 0.29) is 30.3 Å². The summed E-state index contributed by atoms with van der Waals surface area (Å²) in [5.74, 6) is -3.91. The highest BCUT2D eigenvalue weighted by molar-refractivity contribution is 5.98. The Balaban J connectivity index is 1.38. The predicted octanol–water partition coefficient (Wildman–Crippen LogP) is 4.52. The third-order valence-electron chi connectivity index (χ3n) is 5.65. The van der Waals surface area contributed by atoms with Gasteiger partial charge in [-0.25, -0.2) is 18.7 Å². The Bertz CT molecular complexity index is 1310. The van der Waals surface area contributed by atoms with Crippen molar-refractivity contribution >= 4 is 16.8 Å². The summed E-state index contributed by atoms with van der Waals surface area (Å²) in [4.78, 5) is 22.7. The Morgan fingerprint density at radius 3 is 2.85 bits per heavy atom. The van der Waals surface area contributed by atoms with Crippen LogP contribution in [0.3, 0.4) is 0 Å². The van der Waals surface area contributed by atoms with Crippen LogP contribution in [0.4, 0.5) is 8.78 Å². The van der Waals surface area contributed by atoms with Crippen molar-refractivity contribution < 1.29 is 27.8 Å². The van der Waals surface area contributed by atoms with E-state index in [1.807, 2.05) is 12.1 Å². The molecular weight excluding hydrogens is 432 g/mol. The van der Waals surface area contributed by atoms with Gasteiger partial charge in [0.1, 0.15) is 17.7 Å². The summed E-state index contributed by atoms with van der Waals surface area (Å²) in [6.07, 6.45) is 0.507. The number of carbonyl (C=O) groups is 1. The Hall–Kier alpha value is -4.01. The van der Waals surface area contributed by atoms with Crippen LogP contribution in [0.2, 0.25) is 0 Å². The molecule has 3 heterocycles. The fourth-order valence-corrected chi connectivity index (χ4v) is 3.83. The molecule has 7 nitrogen and oxygen atoms in total. The number of benzene rings is 2. The van der Waals surface area contributed by atoms with Gasteiger partial charge in [-0.3, -0.25) is 4.79 Å². The number of ether oxygens (including phenoxy) is 1. The molecule has 2 aromatic carbocycles. The molecule has 1 aliphatic rings. The number of pyridine rings is 1. The van der Waals surface area contributed by atoms with Crippen LogP contribution in [-0.4, -0.2) is 51.0 Å². The quantitative estimate of drug-likeness (QED) is 0.491. The van der Waals surface area contributed by atoms with Crippen molar-refractivity contribution in [2.24, 2.45) is 0 Å². The molecule has 0 saturated carbocycles. The number of amides is 1. The van der Waals surface area contributed by atoms with Gasteiger partial charge in [0.25, 0.3) is 11.8 Å². The first-order chi connectivity index (χ1) is 15.9. The molecule has 1 unspecified atom stereocenters. The van der Waals surface area contributed by atoms with Crippen molar-refractivity contribution in [3.05, 3.63) is 72.8 Å². The Labute approximate surface area is 187 Å². The third-order valence-corrected chi connectivity index (χ3v) is 5.65. The van der Waals surface area contributed by atoms with E-state index in [0.29, 0.717) is 16.8 Å². The van der Waals surface area contributed by atoms with E-state index in [4.69, 9.17) is 9.15 Å². The molecule has 4 aromatic rings. The average Bonchev–Trinajstić information content (AvgIpc) is 3.35. The van der Waals surface area contributed by atoms with E-state index in [2.05, 4.69) is 9.97 Å². The summed E-state index contributed by atoms with van der Waals surface area (Å²) in [6.45, 7) is -0.529. The number of rotatable bonds is 4. The van der Waals surface area contributed by atoms with Gasteiger partial charge in [0.05, 0.1) is 17.6 Å². The number of carbonyl (C=O) groups excluding carboxylic acids is 1. The zero-order chi connectivity index (χ0) is 23.0. The molecule has 33 heavy (non-hydrogen) atoms. The summed E-state index contributed by atoms with van der Waals surface area (Å²) in [5, 5.41) is 11.1. The number of hydrogen-bond donors (Lipinski definition) is 1. The van der Waals surface area contributed by atoms with Crippen LogP contribution in [0.25, 0.3) is 22.2 Å². The number of alkyl halides is 2. The summed E-state index contributed by atoms with van der Waals surface area (Å²) >= 11 is 0. The molecule has 168 valence electrons. The molecule has 2 aromatic heterocycles. The van der Waals surface area contributed by atoms with Crippen LogP contribution in [0.15, 0.2) is 71.7 Å². The van der Waals surface area contributed by atoms with Gasteiger partial charge >= 0.3 is 0 Å². The third kappa shape index (κ3) is 4.09. The highest BCUT2D eigenvalue weighted by Gasteiger charge is 2.47. The molecule has 1 atom stereocenters. The number of phenolic OH excluding ortho intramolecular Hbond substituents is 1. The van der Waals surface area contributed by atoms with Gasteiger partial charge in [0.2, 0.25) is 5.88 Å². The van der Waals surface area contributed by atoms with Gasteiger partial charge in [-0.2, -0.15) is 0 Å². The molecule has 1 N–H and O–H groups in total. The highest BCUT2D eigenvalue weighted by Crippen LogP contribution is 2.34. The molecule has 0 radical (unpaired) electrons. The lowest BCUT2D eigenvalue weighted by molar-refractivity contribution is -0.131. The minimum atomic E-state index is -3.14. The van der Waals surface area contributed by atoms with Crippen LogP contribution in [0.5, 0.6) is 11.6 Å². The molecule has 1 amide bonds. The van der Waals surface area contributed by atoms with Crippen molar-refractivity contribution in [2.45, 2.75) is 18.4 Å². The van der Waals surface area contributed by atoms with E-state index in [0.717, 1.165) is 5.39 Å². The smallest absolute Gasteiger partial charge is 0.287 e. The number of aromatic hydroxyl groups is 1. The summed E-state index contributed by atoms with van der Waals surface area (Å²) in [6, 6.07) is 15.0. The molecule has 1 fully saturated rings. The van der Waals surface area contributed by atoms with Crippen molar-refractivity contribution in [2.75, 3.05) is 13.1 Å². The van der Waals surface area contributed by atoms with Gasteiger partial charge in [-0.1, -0.05) is 18.2 Å². The van der Waals surface area contributed by atoms with Gasteiger partial charge in [-0.15, -0.1) is 0 Å². The molecule has 0 bridgehead atoms. The molecule has 1 aliphatic heterocycles. The maximum Gasteiger partial charge on any atom is 0.287 e. The maximum atomic E-state index is 14.7. The van der Waals surface area contributed by atoms with Crippen LogP contribution in [0, 0.1) is 0 Å². The number of likely N-dealkylation sites (tertiary alicyclic amines) is 1. The fraction of sp³-hybridized carbons (Fsp3) is 0.208. The number of halogens is 2. The van der Waals surface area contributed by atoms with E-state index in [1.54, 1.807) is 24.3 Å². The number of aromatic nitrogens is 2. The van der Waals surface area contributed by atoms with Crippen molar-refractivity contribution in [1.29, 1.82) is 0 Å². The molecular formula is C24H19F2N3O4. The van der Waals surface area contributed by atoms with E-state index in [1.165, 1.54) is 35.8 Å². The van der Waals surface area contributed by atoms with Crippen molar-refractivity contribution in [1.82, 2.24) is 14.9 Å². The molecule has 1 saturated heterocycles. The minimum Gasteiger partial charge on any atom is -0.507 e. The fourth-order valence-electron chi connectivity index (χ4n) is 3.83. The van der Waals surface area contributed by atoms with Crippen LogP contribution < -0.4 is 4.74 Å². The number of oxazole rings is 1. The standard InChI is InChI=1S/C24H19F2N3O4/c25-24(26)9-10-29(12-21(24)33-22-8-6-15-3-1-2-4-18(15)28-22)23(31)17-11-16(5-7-20(17)30)19-13-32-14-27-19/h1-8,11,13-14,21,30H,9-10,12H2. The molecule has 0 spiro atoms. The number of piperidine rings is 1. The monoisotopic (exact) mass is 451 g/mol. The minimum absolute atomic E-state index is 0.0108. The molecule has 9 heteroatoms. The van der Waals surface area contributed by atoms with Crippen LogP contribution >= 0.6 is 0 Å². The van der Waals surface area contributed by atoms with Crippen molar-refractivity contribution in [3.8, 4) is 22.9 Å². The summed E-state index contributed by atoms with van der Waals surface area (Å²) in [5.41, 5.74) is 1.65. The number of hydrogen-bond acceptors (Lipinski definition) is 6. The lowest BCUT2D eigenvalue weighted by Gasteiger charge is -2.38. The first kappa shape index (κ1) is 20.9. The maximum absolute atomic E-state index is 14.7. The molecule has 0 aliphatic carbocycles. The van der Waals surface area contributed by atoms with E-state index >= 15 is 0 Å². The number of nitrogens with zero attached hydrogens (tertiary/aromatic N) is 3.